The standard InChI is InChI=1S/C22H32N4O7S/c1-15-7-9-16(10-8-15)34(32,33)23-12-3-2-5-18(21(28)29)24-17-11-14-25-13-4-6-19(22(30)31)26(25)20(17)27/h7-10,17-19,23-24H,2-6,11-14H2,1H3,(H,28,29)(H,30,31). The van der Waals surface area contributed by atoms with Gasteiger partial charge < -0.3 is 10.2 Å². The normalized spacial score (nSPS) is 22.3. The van der Waals surface area contributed by atoms with Gasteiger partial charge in [-0.15, -0.1) is 0 Å². The van der Waals surface area contributed by atoms with Gasteiger partial charge in [0, 0.05) is 19.6 Å². The number of sulfonamides is 1. The molecule has 0 radical (unpaired) electrons. The predicted molar refractivity (Wildman–Crippen MR) is 122 cm³/mol. The number of amides is 1. The van der Waals surface area contributed by atoms with E-state index in [0.717, 1.165) is 5.56 Å². The molecule has 3 rings (SSSR count). The van der Waals surface area contributed by atoms with Crippen LogP contribution in [0.4, 0.5) is 0 Å². The topological polar surface area (TPSA) is 156 Å². The molecule has 4 N–H and O–H groups in total. The van der Waals surface area contributed by atoms with Crippen LogP contribution in [0.3, 0.4) is 0 Å². The minimum atomic E-state index is -3.63. The number of aliphatic carboxylic acids is 2. The number of carbonyl (C=O) groups is 3. The second-order valence-electron chi connectivity index (χ2n) is 8.74. The van der Waals surface area contributed by atoms with Crippen LogP contribution in [0.15, 0.2) is 29.2 Å². The average Bonchev–Trinajstić information content (AvgIpc) is 2.79. The van der Waals surface area contributed by atoms with Crippen LogP contribution in [0.1, 0.15) is 44.1 Å². The fourth-order valence-corrected chi connectivity index (χ4v) is 5.43. The maximum absolute atomic E-state index is 13.0. The van der Waals surface area contributed by atoms with E-state index >= 15 is 0 Å². The van der Waals surface area contributed by atoms with Crippen molar-refractivity contribution in [2.24, 2.45) is 0 Å². The number of hydrogen-bond donors (Lipinski definition) is 4. The molecule has 2 heterocycles. The summed E-state index contributed by atoms with van der Waals surface area (Å²) in [4.78, 5) is 36.5. The number of fused-ring (bicyclic) bond motifs is 1. The highest BCUT2D eigenvalue weighted by Crippen LogP contribution is 2.25. The lowest BCUT2D eigenvalue weighted by Gasteiger charge is -2.47. The van der Waals surface area contributed by atoms with E-state index in [4.69, 9.17) is 0 Å². The number of nitrogens with one attached hydrogen (secondary N) is 2. The Balaban J connectivity index is 1.50. The lowest BCUT2D eigenvalue weighted by atomic mass is 10.0. The molecular formula is C22H32N4O7S. The summed E-state index contributed by atoms with van der Waals surface area (Å²) in [6.45, 7) is 3.10. The number of carboxylic acids is 2. The van der Waals surface area contributed by atoms with Gasteiger partial charge in [0.05, 0.1) is 10.9 Å². The zero-order valence-corrected chi connectivity index (χ0v) is 20.0. The van der Waals surface area contributed by atoms with Crippen LogP contribution in [-0.2, 0) is 24.4 Å². The highest BCUT2D eigenvalue weighted by atomic mass is 32.2. The van der Waals surface area contributed by atoms with Crippen molar-refractivity contribution >= 4 is 27.9 Å². The molecule has 0 bridgehead atoms. The first kappa shape index (κ1) is 26.1. The molecule has 1 amide bonds. The fourth-order valence-electron chi connectivity index (χ4n) is 4.35. The first-order valence-electron chi connectivity index (χ1n) is 11.5. The Bertz CT molecular complexity index is 999. The van der Waals surface area contributed by atoms with Gasteiger partial charge in [0.25, 0.3) is 5.91 Å². The molecular weight excluding hydrogens is 464 g/mol. The van der Waals surface area contributed by atoms with Crippen LogP contribution in [-0.4, -0.2) is 84.3 Å². The summed E-state index contributed by atoms with van der Waals surface area (Å²) in [5, 5.41) is 25.0. The zero-order valence-electron chi connectivity index (χ0n) is 19.1. The Morgan fingerprint density at radius 1 is 1.12 bits per heavy atom. The summed E-state index contributed by atoms with van der Waals surface area (Å²) < 4.78 is 27.2. The summed E-state index contributed by atoms with van der Waals surface area (Å²) in [6, 6.07) is 3.77. The van der Waals surface area contributed by atoms with Crippen LogP contribution in [0.5, 0.6) is 0 Å². The first-order chi connectivity index (χ1) is 16.1. The van der Waals surface area contributed by atoms with Gasteiger partial charge in [-0.1, -0.05) is 17.7 Å². The van der Waals surface area contributed by atoms with E-state index in [1.807, 2.05) is 6.92 Å². The Morgan fingerprint density at radius 3 is 2.47 bits per heavy atom. The molecule has 0 aliphatic carbocycles. The molecule has 34 heavy (non-hydrogen) atoms. The van der Waals surface area contributed by atoms with Crippen molar-refractivity contribution in [2.75, 3.05) is 19.6 Å². The molecule has 0 saturated carbocycles. The summed E-state index contributed by atoms with van der Waals surface area (Å²) in [5.74, 6) is -2.60. The number of rotatable bonds is 11. The number of carboxylic acid groups (broad SMARTS) is 2. The number of aryl methyl sites for hydroxylation is 1. The molecule has 3 unspecified atom stereocenters. The number of unbranched alkanes of at least 4 members (excludes halogenated alkanes) is 1. The van der Waals surface area contributed by atoms with E-state index in [2.05, 4.69) is 10.0 Å². The number of nitrogens with zero attached hydrogens (tertiary/aromatic N) is 2. The number of carbonyl (C=O) groups excluding carboxylic acids is 1. The molecule has 3 atom stereocenters. The minimum Gasteiger partial charge on any atom is -0.480 e. The molecule has 2 saturated heterocycles. The molecule has 12 heteroatoms. The zero-order chi connectivity index (χ0) is 24.9. The van der Waals surface area contributed by atoms with Gasteiger partial charge in [-0.25, -0.2) is 22.9 Å². The largest absolute Gasteiger partial charge is 0.480 e. The second kappa shape index (κ2) is 11.3. The molecule has 2 aliphatic rings. The van der Waals surface area contributed by atoms with Crippen molar-refractivity contribution in [1.82, 2.24) is 20.1 Å². The Hall–Kier alpha value is -2.54. The van der Waals surface area contributed by atoms with Crippen LogP contribution < -0.4 is 10.0 Å². The van der Waals surface area contributed by atoms with Crippen LogP contribution in [0, 0.1) is 6.92 Å². The van der Waals surface area contributed by atoms with Gasteiger partial charge in [0.2, 0.25) is 10.0 Å². The van der Waals surface area contributed by atoms with Gasteiger partial charge in [0.1, 0.15) is 12.1 Å². The van der Waals surface area contributed by atoms with Gasteiger partial charge in [-0.05, 0) is 57.6 Å². The van der Waals surface area contributed by atoms with Crippen LogP contribution in [0.25, 0.3) is 0 Å². The smallest absolute Gasteiger partial charge is 0.328 e. The second-order valence-corrected chi connectivity index (χ2v) is 10.5. The van der Waals surface area contributed by atoms with Gasteiger partial charge in [-0.2, -0.15) is 0 Å². The van der Waals surface area contributed by atoms with Crippen LogP contribution >= 0.6 is 0 Å². The minimum absolute atomic E-state index is 0.161. The first-order valence-corrected chi connectivity index (χ1v) is 12.9. The summed E-state index contributed by atoms with van der Waals surface area (Å²) >= 11 is 0. The van der Waals surface area contributed by atoms with Gasteiger partial charge in [0.15, 0.2) is 0 Å². The highest BCUT2D eigenvalue weighted by Gasteiger charge is 2.43. The Labute approximate surface area is 199 Å². The summed E-state index contributed by atoms with van der Waals surface area (Å²) in [6.07, 6.45) is 2.50. The van der Waals surface area contributed by atoms with Crippen molar-refractivity contribution in [3.05, 3.63) is 29.8 Å². The quantitative estimate of drug-likeness (QED) is 0.321. The SMILES string of the molecule is Cc1ccc(S(=O)(=O)NCCCCC(NC2CCN3CCCC(C(=O)O)N3C2=O)C(=O)O)cc1. The fraction of sp³-hybridized carbons (Fsp3) is 0.591. The number of benzene rings is 1. The van der Waals surface area contributed by atoms with Crippen molar-refractivity contribution in [3.63, 3.8) is 0 Å². The van der Waals surface area contributed by atoms with E-state index in [1.165, 1.54) is 17.1 Å². The molecule has 1 aromatic rings. The van der Waals surface area contributed by atoms with Gasteiger partial charge in [-0.3, -0.25) is 19.9 Å². The maximum Gasteiger partial charge on any atom is 0.328 e. The van der Waals surface area contributed by atoms with E-state index in [-0.39, 0.29) is 17.9 Å². The predicted octanol–water partition coefficient (Wildman–Crippen LogP) is 0.551. The van der Waals surface area contributed by atoms with E-state index in [1.54, 1.807) is 17.1 Å². The monoisotopic (exact) mass is 496 g/mol. The van der Waals surface area contributed by atoms with Gasteiger partial charge >= 0.3 is 11.9 Å². The van der Waals surface area contributed by atoms with E-state index < -0.39 is 46.0 Å². The average molecular weight is 497 g/mol. The molecule has 0 aromatic heterocycles. The number of hydrazine groups is 1. The maximum atomic E-state index is 13.0. The third kappa shape index (κ3) is 6.32. The Kier molecular flexibility index (Phi) is 8.63. The molecule has 2 fully saturated rings. The van der Waals surface area contributed by atoms with E-state index in [0.29, 0.717) is 45.2 Å². The molecule has 188 valence electrons. The third-order valence-electron chi connectivity index (χ3n) is 6.22. The van der Waals surface area contributed by atoms with Crippen molar-refractivity contribution < 1.29 is 33.0 Å². The highest BCUT2D eigenvalue weighted by molar-refractivity contribution is 7.89. The van der Waals surface area contributed by atoms with Crippen molar-refractivity contribution in [2.45, 2.75) is 68.5 Å². The Morgan fingerprint density at radius 2 is 1.82 bits per heavy atom. The molecule has 2 aliphatic heterocycles. The summed E-state index contributed by atoms with van der Waals surface area (Å²) in [7, 11) is -3.63. The molecule has 11 nitrogen and oxygen atoms in total. The summed E-state index contributed by atoms with van der Waals surface area (Å²) in [5.41, 5.74) is 0.953. The number of hydrogen-bond acceptors (Lipinski definition) is 7. The molecule has 1 aromatic carbocycles. The van der Waals surface area contributed by atoms with Crippen molar-refractivity contribution in [3.8, 4) is 0 Å². The third-order valence-corrected chi connectivity index (χ3v) is 7.70. The lowest BCUT2D eigenvalue weighted by Crippen LogP contribution is -2.67. The van der Waals surface area contributed by atoms with Crippen LogP contribution in [0.2, 0.25) is 0 Å². The lowest BCUT2D eigenvalue weighted by molar-refractivity contribution is -0.183. The molecule has 0 spiro atoms. The van der Waals surface area contributed by atoms with E-state index in [9.17, 15) is 33.0 Å². The van der Waals surface area contributed by atoms with Crippen molar-refractivity contribution in [1.29, 1.82) is 0 Å².